The Hall–Kier alpha value is -3.76. The summed E-state index contributed by atoms with van der Waals surface area (Å²) in [5, 5.41) is 0. The predicted octanol–water partition coefficient (Wildman–Crippen LogP) is 1.88. The van der Waals surface area contributed by atoms with Gasteiger partial charge in [-0.1, -0.05) is 18.2 Å². The van der Waals surface area contributed by atoms with Crippen LogP contribution in [0.15, 0.2) is 78.2 Å². The molecule has 2 aromatic heterocycles. The average Bonchev–Trinajstić information content (AvgIpc) is 3.09. The molecule has 1 fully saturated rings. The number of benzene rings is 1. The number of nitrogens with zero attached hydrogens (tertiary/aromatic N) is 4. The van der Waals surface area contributed by atoms with Crippen LogP contribution in [0.25, 0.3) is 0 Å². The average molecular weight is 479 g/mol. The van der Waals surface area contributed by atoms with Gasteiger partial charge >= 0.3 is 0 Å². The Morgan fingerprint density at radius 1 is 0.971 bits per heavy atom. The number of hydrogen-bond acceptors (Lipinski definition) is 7. The molecule has 4 rings (SSSR count). The van der Waals surface area contributed by atoms with Crippen molar-refractivity contribution in [2.24, 2.45) is 5.92 Å². The van der Waals surface area contributed by atoms with Crippen molar-refractivity contribution in [1.82, 2.24) is 19.2 Å². The van der Waals surface area contributed by atoms with Gasteiger partial charge in [0.25, 0.3) is 5.91 Å². The van der Waals surface area contributed by atoms with E-state index in [2.05, 4.69) is 9.97 Å². The summed E-state index contributed by atoms with van der Waals surface area (Å²) in [6.07, 6.45) is 6.27. The third-order valence-corrected chi connectivity index (χ3v) is 7.56. The molecule has 0 radical (unpaired) electrons. The summed E-state index contributed by atoms with van der Waals surface area (Å²) >= 11 is 0. The Kier molecular flexibility index (Phi) is 6.36. The zero-order chi connectivity index (χ0) is 24.5. The number of aromatic nitrogens is 2. The van der Waals surface area contributed by atoms with Gasteiger partial charge in [0.15, 0.2) is 5.78 Å². The molecule has 9 nitrogen and oxygen atoms in total. The van der Waals surface area contributed by atoms with Crippen molar-refractivity contribution in [3.63, 3.8) is 0 Å². The first-order chi connectivity index (χ1) is 16.2. The van der Waals surface area contributed by atoms with Crippen LogP contribution >= 0.6 is 0 Å². The molecule has 1 saturated heterocycles. The Balaban J connectivity index is 1.72. The second-order valence-corrected chi connectivity index (χ2v) is 10.2. The molecule has 3 heterocycles. The normalized spacial score (nSPS) is 18.5. The first kappa shape index (κ1) is 23.4. The predicted molar refractivity (Wildman–Crippen MR) is 122 cm³/mol. The van der Waals surface area contributed by atoms with Crippen LogP contribution in [0.2, 0.25) is 0 Å². The summed E-state index contributed by atoms with van der Waals surface area (Å²) in [4.78, 5) is 49.0. The quantitative estimate of drug-likeness (QED) is 0.289. The van der Waals surface area contributed by atoms with E-state index in [0.717, 1.165) is 4.31 Å². The standard InChI is InChI=1S/C24H22N4O5S/c1-27(2)34(32,33)19-7-5-18(6-8-19)22(29)20-21(17-9-12-25-13-10-17)28(24(31)23(20)30)15-16-4-3-11-26-14-16/h3-14,20-21H,15H2,1-2H3. The topological polar surface area (TPSA) is 118 Å². The maximum Gasteiger partial charge on any atom is 0.291 e. The smallest absolute Gasteiger partial charge is 0.291 e. The van der Waals surface area contributed by atoms with Gasteiger partial charge in [-0.3, -0.25) is 24.4 Å². The van der Waals surface area contributed by atoms with Gasteiger partial charge in [-0.25, -0.2) is 12.7 Å². The summed E-state index contributed by atoms with van der Waals surface area (Å²) in [6, 6.07) is 11.4. The highest BCUT2D eigenvalue weighted by Gasteiger charge is 2.51. The van der Waals surface area contributed by atoms with Crippen LogP contribution in [-0.4, -0.2) is 59.2 Å². The van der Waals surface area contributed by atoms with E-state index in [1.54, 1.807) is 36.7 Å². The van der Waals surface area contributed by atoms with Crippen LogP contribution in [0.1, 0.15) is 27.5 Å². The summed E-state index contributed by atoms with van der Waals surface area (Å²) < 4.78 is 25.8. The van der Waals surface area contributed by atoms with Crippen molar-refractivity contribution >= 4 is 27.5 Å². The van der Waals surface area contributed by atoms with E-state index in [4.69, 9.17) is 0 Å². The molecular weight excluding hydrogens is 456 g/mol. The summed E-state index contributed by atoms with van der Waals surface area (Å²) in [6.45, 7) is 0.106. The molecule has 0 N–H and O–H groups in total. The largest absolute Gasteiger partial charge is 0.323 e. The van der Waals surface area contributed by atoms with Crippen LogP contribution in [0.4, 0.5) is 0 Å². The molecule has 1 amide bonds. The molecule has 2 atom stereocenters. The van der Waals surface area contributed by atoms with E-state index in [1.165, 1.54) is 55.7 Å². The SMILES string of the molecule is CN(C)S(=O)(=O)c1ccc(C(=O)C2C(=O)C(=O)N(Cc3cccnc3)C2c2ccncc2)cc1. The molecule has 1 aliphatic rings. The van der Waals surface area contributed by atoms with E-state index in [1.807, 2.05) is 0 Å². The molecule has 0 spiro atoms. The Morgan fingerprint density at radius 3 is 2.24 bits per heavy atom. The lowest BCUT2D eigenvalue weighted by Gasteiger charge is -2.27. The highest BCUT2D eigenvalue weighted by molar-refractivity contribution is 7.89. The van der Waals surface area contributed by atoms with Crippen LogP contribution in [-0.2, 0) is 26.2 Å². The van der Waals surface area contributed by atoms with E-state index in [-0.39, 0.29) is 17.0 Å². The van der Waals surface area contributed by atoms with E-state index >= 15 is 0 Å². The molecular formula is C24H22N4O5S. The first-order valence-electron chi connectivity index (χ1n) is 10.4. The maximum atomic E-state index is 13.5. The van der Waals surface area contributed by atoms with Gasteiger partial charge in [0.1, 0.15) is 5.92 Å². The molecule has 0 aliphatic carbocycles. The molecule has 34 heavy (non-hydrogen) atoms. The highest BCUT2D eigenvalue weighted by atomic mass is 32.2. The highest BCUT2D eigenvalue weighted by Crippen LogP contribution is 2.39. The molecule has 0 bridgehead atoms. The lowest BCUT2D eigenvalue weighted by molar-refractivity contribution is -0.141. The Morgan fingerprint density at radius 2 is 1.65 bits per heavy atom. The zero-order valence-corrected chi connectivity index (χ0v) is 19.3. The van der Waals surface area contributed by atoms with Crippen molar-refractivity contribution < 1.29 is 22.8 Å². The van der Waals surface area contributed by atoms with Gasteiger partial charge in [-0.15, -0.1) is 0 Å². The molecule has 2 unspecified atom stereocenters. The Bertz CT molecular complexity index is 1330. The molecule has 1 aliphatic heterocycles. The number of ketones is 2. The summed E-state index contributed by atoms with van der Waals surface area (Å²) in [5.74, 6) is -3.39. The minimum atomic E-state index is -3.68. The monoisotopic (exact) mass is 478 g/mol. The molecule has 10 heteroatoms. The van der Waals surface area contributed by atoms with Gasteiger partial charge in [-0.05, 0) is 41.5 Å². The van der Waals surface area contributed by atoms with Gasteiger partial charge < -0.3 is 4.90 Å². The van der Waals surface area contributed by atoms with Gasteiger partial charge in [-0.2, -0.15) is 0 Å². The van der Waals surface area contributed by atoms with Crippen molar-refractivity contribution in [3.8, 4) is 0 Å². The minimum Gasteiger partial charge on any atom is -0.323 e. The van der Waals surface area contributed by atoms with Crippen LogP contribution in [0.3, 0.4) is 0 Å². The number of carbonyl (C=O) groups excluding carboxylic acids is 3. The van der Waals surface area contributed by atoms with Crippen LogP contribution in [0, 0.1) is 5.92 Å². The van der Waals surface area contributed by atoms with Gasteiger partial charge in [0.05, 0.1) is 10.9 Å². The van der Waals surface area contributed by atoms with E-state index < -0.39 is 39.5 Å². The van der Waals surface area contributed by atoms with Crippen molar-refractivity contribution in [2.75, 3.05) is 14.1 Å². The third-order valence-electron chi connectivity index (χ3n) is 5.73. The number of Topliss-reactive ketones (excluding diaryl/α,β-unsaturated/α-hetero) is 2. The fourth-order valence-corrected chi connectivity index (χ4v) is 4.86. The van der Waals surface area contributed by atoms with Gasteiger partial charge in [0, 0.05) is 51.0 Å². The summed E-state index contributed by atoms with van der Waals surface area (Å²) in [5.41, 5.74) is 1.46. The number of amides is 1. The van der Waals surface area contributed by atoms with Crippen molar-refractivity contribution in [2.45, 2.75) is 17.5 Å². The molecule has 1 aromatic carbocycles. The number of likely N-dealkylation sites (tertiary alicyclic amines) is 1. The van der Waals surface area contributed by atoms with Crippen LogP contribution in [0.5, 0.6) is 0 Å². The minimum absolute atomic E-state index is 0.0202. The molecule has 0 saturated carbocycles. The second kappa shape index (κ2) is 9.24. The lowest BCUT2D eigenvalue weighted by Crippen LogP contribution is -2.30. The van der Waals surface area contributed by atoms with Crippen molar-refractivity contribution in [1.29, 1.82) is 0 Å². The Labute approximate surface area is 197 Å². The fraction of sp³-hybridized carbons (Fsp3) is 0.208. The van der Waals surface area contributed by atoms with Crippen LogP contribution < -0.4 is 0 Å². The second-order valence-electron chi connectivity index (χ2n) is 8.04. The maximum absolute atomic E-state index is 13.5. The number of carbonyl (C=O) groups is 3. The van der Waals surface area contributed by atoms with E-state index in [0.29, 0.717) is 11.1 Å². The third kappa shape index (κ3) is 4.25. The molecule has 3 aromatic rings. The first-order valence-corrected chi connectivity index (χ1v) is 11.9. The summed E-state index contributed by atoms with van der Waals surface area (Å²) in [7, 11) is -0.855. The van der Waals surface area contributed by atoms with Gasteiger partial charge in [0.2, 0.25) is 15.8 Å². The number of pyridine rings is 2. The van der Waals surface area contributed by atoms with E-state index in [9.17, 15) is 22.8 Å². The number of hydrogen-bond donors (Lipinski definition) is 0. The lowest BCUT2D eigenvalue weighted by atomic mass is 9.86. The number of rotatable bonds is 7. The fourth-order valence-electron chi connectivity index (χ4n) is 3.96. The molecule has 174 valence electrons. The van der Waals surface area contributed by atoms with Crippen molar-refractivity contribution in [3.05, 3.63) is 90.0 Å². The number of sulfonamides is 1. The zero-order valence-electron chi connectivity index (χ0n) is 18.5.